The van der Waals surface area contributed by atoms with Crippen LogP contribution in [-0.2, 0) is 0 Å². The summed E-state index contributed by atoms with van der Waals surface area (Å²) in [6.45, 7) is 4.62. The molecule has 0 amide bonds. The van der Waals surface area contributed by atoms with Crippen molar-refractivity contribution in [3.8, 4) is 0 Å². The lowest BCUT2D eigenvalue weighted by Crippen LogP contribution is -1.86. The lowest BCUT2D eigenvalue weighted by molar-refractivity contribution is 0.610. The molecule has 1 aromatic carbocycles. The summed E-state index contributed by atoms with van der Waals surface area (Å²) in [5.74, 6) is 1.75. The minimum absolute atomic E-state index is 0.837. The Morgan fingerprint density at radius 1 is 1.05 bits per heavy atom. The van der Waals surface area contributed by atoms with Gasteiger partial charge in [0, 0.05) is 0 Å². The maximum absolute atomic E-state index is 2.50. The molecular weight excluding hydrogens is 252 g/mol. The molecule has 2 atom stereocenters. The van der Waals surface area contributed by atoms with E-state index in [1.165, 1.54) is 57.8 Å². The van der Waals surface area contributed by atoms with Crippen LogP contribution in [0.2, 0.25) is 0 Å². The van der Waals surface area contributed by atoms with Gasteiger partial charge in [0.2, 0.25) is 0 Å². The number of benzene rings is 1. The minimum Gasteiger partial charge on any atom is -0.0856 e. The highest BCUT2D eigenvalue weighted by Crippen LogP contribution is 2.50. The molecule has 0 bridgehead atoms. The van der Waals surface area contributed by atoms with E-state index >= 15 is 0 Å². The molecule has 1 aliphatic carbocycles. The molecule has 1 saturated carbocycles. The van der Waals surface area contributed by atoms with Crippen LogP contribution in [0.3, 0.4) is 0 Å². The van der Waals surface area contributed by atoms with E-state index in [-0.39, 0.29) is 0 Å². The summed E-state index contributed by atoms with van der Waals surface area (Å²) in [6, 6.07) is 11.0. The van der Waals surface area contributed by atoms with Gasteiger partial charge in [0.25, 0.3) is 0 Å². The van der Waals surface area contributed by atoms with Gasteiger partial charge in [0.05, 0.1) is 0 Å². The van der Waals surface area contributed by atoms with Crippen molar-refractivity contribution >= 4 is 0 Å². The van der Waals surface area contributed by atoms with Crippen LogP contribution in [0.4, 0.5) is 0 Å². The molecule has 0 heteroatoms. The molecule has 0 aromatic heterocycles. The van der Waals surface area contributed by atoms with E-state index in [9.17, 15) is 0 Å². The molecule has 0 unspecified atom stereocenters. The summed E-state index contributed by atoms with van der Waals surface area (Å²) >= 11 is 0. The SMILES string of the molecule is CCCCCCCC/C=C(/C)C[C@H]1C[C@H]1c1ccccc1. The minimum atomic E-state index is 0.837. The van der Waals surface area contributed by atoms with Gasteiger partial charge < -0.3 is 0 Å². The summed E-state index contributed by atoms with van der Waals surface area (Å²) in [5.41, 5.74) is 3.17. The number of unbranched alkanes of at least 4 members (excludes halogenated alkanes) is 6. The zero-order valence-electron chi connectivity index (χ0n) is 14.0. The Kier molecular flexibility index (Phi) is 7.06. The average Bonchev–Trinajstić information content (AvgIpc) is 3.26. The first kappa shape index (κ1) is 16.3. The molecule has 0 radical (unpaired) electrons. The van der Waals surface area contributed by atoms with Crippen LogP contribution in [-0.4, -0.2) is 0 Å². The molecule has 0 nitrogen and oxygen atoms in total. The fourth-order valence-corrected chi connectivity index (χ4v) is 3.35. The maximum Gasteiger partial charge on any atom is -0.0127 e. The molecule has 0 spiro atoms. The van der Waals surface area contributed by atoms with Crippen LogP contribution in [0.15, 0.2) is 42.0 Å². The smallest absolute Gasteiger partial charge is 0.0127 e. The Bertz CT molecular complexity index is 415. The summed E-state index contributed by atoms with van der Waals surface area (Å²) < 4.78 is 0. The molecule has 1 aromatic rings. The van der Waals surface area contributed by atoms with E-state index in [4.69, 9.17) is 0 Å². The zero-order valence-corrected chi connectivity index (χ0v) is 14.0. The van der Waals surface area contributed by atoms with Crippen molar-refractivity contribution in [1.29, 1.82) is 0 Å². The third kappa shape index (κ3) is 6.08. The molecule has 1 fully saturated rings. The fraction of sp³-hybridized carbons (Fsp3) is 0.619. The molecule has 2 rings (SSSR count). The predicted octanol–water partition coefficient (Wildman–Crippen LogP) is 6.88. The summed E-state index contributed by atoms with van der Waals surface area (Å²) in [4.78, 5) is 0. The lowest BCUT2D eigenvalue weighted by atomic mass is 10.0. The average molecular weight is 284 g/mol. The van der Waals surface area contributed by atoms with Gasteiger partial charge in [-0.05, 0) is 50.0 Å². The van der Waals surface area contributed by atoms with E-state index in [1.54, 1.807) is 11.1 Å². The first-order valence-corrected chi connectivity index (χ1v) is 9.02. The van der Waals surface area contributed by atoms with Crippen LogP contribution in [0, 0.1) is 5.92 Å². The second-order valence-corrected chi connectivity index (χ2v) is 6.82. The molecule has 0 saturated heterocycles. The van der Waals surface area contributed by atoms with Crippen molar-refractivity contribution in [1.82, 2.24) is 0 Å². The highest BCUT2D eigenvalue weighted by molar-refractivity contribution is 5.26. The van der Waals surface area contributed by atoms with Gasteiger partial charge in [-0.2, -0.15) is 0 Å². The summed E-state index contributed by atoms with van der Waals surface area (Å²) in [6.07, 6.45) is 14.9. The molecule has 0 heterocycles. The zero-order chi connectivity index (χ0) is 14.9. The van der Waals surface area contributed by atoms with Crippen LogP contribution in [0.25, 0.3) is 0 Å². The third-order valence-corrected chi connectivity index (χ3v) is 4.78. The second-order valence-electron chi connectivity index (χ2n) is 6.82. The highest BCUT2D eigenvalue weighted by atomic mass is 14.4. The first-order chi connectivity index (χ1) is 10.3. The van der Waals surface area contributed by atoms with E-state index in [2.05, 4.69) is 50.3 Å². The predicted molar refractivity (Wildman–Crippen MR) is 93.7 cm³/mol. The molecule has 21 heavy (non-hydrogen) atoms. The summed E-state index contributed by atoms with van der Waals surface area (Å²) in [7, 11) is 0. The normalized spacial score (nSPS) is 21.5. The van der Waals surface area contributed by atoms with Gasteiger partial charge in [0.15, 0.2) is 0 Å². The first-order valence-electron chi connectivity index (χ1n) is 9.02. The standard InChI is InChI=1S/C21H32/c1-3-4-5-6-7-8-10-13-18(2)16-20-17-21(20)19-14-11-9-12-15-19/h9,11-15,20-21H,3-8,10,16-17H2,1-2H3/b18-13-/t20-,21-/m0/s1. The van der Waals surface area contributed by atoms with Crippen molar-refractivity contribution < 1.29 is 0 Å². The van der Waals surface area contributed by atoms with Crippen molar-refractivity contribution in [2.75, 3.05) is 0 Å². The number of hydrogen-bond acceptors (Lipinski definition) is 0. The van der Waals surface area contributed by atoms with Crippen LogP contribution >= 0.6 is 0 Å². The second kappa shape index (κ2) is 9.07. The van der Waals surface area contributed by atoms with Gasteiger partial charge in [0.1, 0.15) is 0 Å². The van der Waals surface area contributed by atoms with Gasteiger partial charge >= 0.3 is 0 Å². The molecular formula is C21H32. The Morgan fingerprint density at radius 3 is 2.52 bits per heavy atom. The molecule has 0 N–H and O–H groups in total. The largest absolute Gasteiger partial charge is 0.0856 e. The quantitative estimate of drug-likeness (QED) is 0.324. The van der Waals surface area contributed by atoms with Gasteiger partial charge in [-0.3, -0.25) is 0 Å². The maximum atomic E-state index is 2.50. The van der Waals surface area contributed by atoms with Crippen molar-refractivity contribution in [2.45, 2.75) is 77.6 Å². The monoisotopic (exact) mass is 284 g/mol. The Hall–Kier alpha value is -1.04. The summed E-state index contributed by atoms with van der Waals surface area (Å²) in [5, 5.41) is 0. The fourth-order valence-electron chi connectivity index (χ4n) is 3.35. The Labute approximate surface area is 131 Å². The molecule has 0 aliphatic heterocycles. The van der Waals surface area contributed by atoms with E-state index < -0.39 is 0 Å². The van der Waals surface area contributed by atoms with Crippen LogP contribution < -0.4 is 0 Å². The van der Waals surface area contributed by atoms with Crippen molar-refractivity contribution in [2.24, 2.45) is 5.92 Å². The lowest BCUT2D eigenvalue weighted by Gasteiger charge is -2.03. The number of rotatable bonds is 10. The van der Waals surface area contributed by atoms with Crippen LogP contribution in [0.1, 0.15) is 83.1 Å². The number of hydrogen-bond donors (Lipinski definition) is 0. The van der Waals surface area contributed by atoms with Gasteiger partial charge in [-0.15, -0.1) is 0 Å². The van der Waals surface area contributed by atoms with E-state index in [1.807, 2.05) is 0 Å². The van der Waals surface area contributed by atoms with Gasteiger partial charge in [-0.25, -0.2) is 0 Å². The Morgan fingerprint density at radius 2 is 1.76 bits per heavy atom. The van der Waals surface area contributed by atoms with Crippen molar-refractivity contribution in [3.05, 3.63) is 47.5 Å². The highest BCUT2D eigenvalue weighted by Gasteiger charge is 2.37. The van der Waals surface area contributed by atoms with E-state index in [0.717, 1.165) is 11.8 Å². The van der Waals surface area contributed by atoms with E-state index in [0.29, 0.717) is 0 Å². The third-order valence-electron chi connectivity index (χ3n) is 4.78. The van der Waals surface area contributed by atoms with Crippen molar-refractivity contribution in [3.63, 3.8) is 0 Å². The van der Waals surface area contributed by atoms with Gasteiger partial charge in [-0.1, -0.05) is 81.0 Å². The molecule has 1 aliphatic rings. The topological polar surface area (TPSA) is 0 Å². The Balaban J connectivity index is 1.58. The molecule has 116 valence electrons. The number of allylic oxidation sites excluding steroid dienone is 2. The van der Waals surface area contributed by atoms with Crippen LogP contribution in [0.5, 0.6) is 0 Å².